The molecule has 0 bridgehead atoms. The fraction of sp³-hybridized carbons (Fsp3) is 0.133. The molecule has 0 radical (unpaired) electrons. The van der Waals surface area contributed by atoms with Crippen molar-refractivity contribution in [2.24, 2.45) is 0 Å². The normalized spacial score (nSPS) is 13.5. The van der Waals surface area contributed by atoms with Gasteiger partial charge in [-0.15, -0.1) is 0 Å². The Kier molecular flexibility index (Phi) is 3.66. The molecule has 2 aromatic rings. The van der Waals surface area contributed by atoms with Crippen LogP contribution in [0, 0.1) is 0 Å². The molecule has 1 heterocycles. The number of nitrogens with two attached hydrogens (primary N) is 1. The van der Waals surface area contributed by atoms with Crippen LogP contribution in [0.3, 0.4) is 0 Å². The van der Waals surface area contributed by atoms with Crippen molar-refractivity contribution >= 4 is 34.8 Å². The summed E-state index contributed by atoms with van der Waals surface area (Å²) in [5.74, 6) is 0.722. The number of rotatable bonds is 2. The zero-order chi connectivity index (χ0) is 15.0. The second-order valence-corrected chi connectivity index (χ2v) is 5.55. The molecule has 2 aromatic carbocycles. The van der Waals surface area contributed by atoms with Gasteiger partial charge in [0.1, 0.15) is 5.75 Å². The highest BCUT2D eigenvalue weighted by Gasteiger charge is 2.18. The molecule has 1 aliphatic heterocycles. The Hall–Kier alpha value is -1.91. The third kappa shape index (κ3) is 2.77. The fourth-order valence-corrected chi connectivity index (χ4v) is 2.83. The van der Waals surface area contributed by atoms with Crippen LogP contribution in [-0.2, 0) is 6.42 Å². The van der Waals surface area contributed by atoms with Crippen LogP contribution in [0.4, 0.5) is 5.69 Å². The first-order chi connectivity index (χ1) is 10.0. The first-order valence-electron chi connectivity index (χ1n) is 6.38. The van der Waals surface area contributed by atoms with Crippen molar-refractivity contribution in [2.45, 2.75) is 6.42 Å². The summed E-state index contributed by atoms with van der Waals surface area (Å²) in [6.45, 7) is 0.654. The Bertz CT molecular complexity index is 709. The Balaban J connectivity index is 1.96. The lowest BCUT2D eigenvalue weighted by Gasteiger charge is -2.17. The van der Waals surface area contributed by atoms with Crippen molar-refractivity contribution in [2.75, 3.05) is 12.3 Å². The predicted molar refractivity (Wildman–Crippen MR) is 83.4 cm³/mol. The molecule has 0 saturated heterocycles. The molecule has 0 unspecified atom stereocenters. The zero-order valence-corrected chi connectivity index (χ0v) is 12.5. The maximum Gasteiger partial charge on any atom is 0.251 e. The molecule has 0 atom stereocenters. The Labute approximate surface area is 131 Å². The molecule has 0 aromatic heterocycles. The summed E-state index contributed by atoms with van der Waals surface area (Å²) in [7, 11) is 0. The van der Waals surface area contributed by atoms with Crippen molar-refractivity contribution < 1.29 is 9.53 Å². The van der Waals surface area contributed by atoms with Crippen LogP contribution in [0.25, 0.3) is 0 Å². The van der Waals surface area contributed by atoms with E-state index in [4.69, 9.17) is 33.7 Å². The van der Waals surface area contributed by atoms with Crippen LogP contribution in [-0.4, -0.2) is 12.5 Å². The van der Waals surface area contributed by atoms with E-state index in [2.05, 4.69) is 5.32 Å². The molecule has 21 heavy (non-hydrogen) atoms. The number of hydrogen-bond acceptors (Lipinski definition) is 3. The highest BCUT2D eigenvalue weighted by molar-refractivity contribution is 6.37. The smallest absolute Gasteiger partial charge is 0.251 e. The number of benzene rings is 2. The van der Waals surface area contributed by atoms with E-state index in [0.29, 0.717) is 39.3 Å². The molecule has 3 rings (SSSR count). The first-order valence-corrected chi connectivity index (χ1v) is 7.13. The number of ether oxygens (including phenoxy) is 1. The predicted octanol–water partition coefficient (Wildman–Crippen LogP) is 3.65. The van der Waals surface area contributed by atoms with Gasteiger partial charge in [-0.1, -0.05) is 29.3 Å². The molecule has 0 aliphatic carbocycles. The van der Waals surface area contributed by atoms with E-state index in [1.165, 1.54) is 0 Å². The van der Waals surface area contributed by atoms with Gasteiger partial charge in [-0.2, -0.15) is 0 Å². The minimum absolute atomic E-state index is 0.101. The maximum atomic E-state index is 11.8. The van der Waals surface area contributed by atoms with Crippen molar-refractivity contribution in [1.29, 1.82) is 0 Å². The quantitative estimate of drug-likeness (QED) is 0.829. The third-order valence-electron chi connectivity index (χ3n) is 3.25. The Morgan fingerprint density at radius 3 is 2.57 bits per heavy atom. The fourth-order valence-electron chi connectivity index (χ4n) is 2.25. The minimum Gasteiger partial charge on any atom is -0.454 e. The molecule has 1 amide bonds. The van der Waals surface area contributed by atoms with E-state index in [9.17, 15) is 4.79 Å². The van der Waals surface area contributed by atoms with Gasteiger partial charge >= 0.3 is 0 Å². The van der Waals surface area contributed by atoms with E-state index in [1.54, 1.807) is 24.3 Å². The largest absolute Gasteiger partial charge is 0.454 e. The summed E-state index contributed by atoms with van der Waals surface area (Å²) in [6, 6.07) is 8.48. The van der Waals surface area contributed by atoms with Crippen LogP contribution in [0.1, 0.15) is 15.9 Å². The number of carbonyl (C=O) groups is 1. The first kappa shape index (κ1) is 14.0. The lowest BCUT2D eigenvalue weighted by Crippen LogP contribution is -2.31. The van der Waals surface area contributed by atoms with Gasteiger partial charge in [0.25, 0.3) is 5.91 Å². The summed E-state index contributed by atoms with van der Waals surface area (Å²) in [4.78, 5) is 11.8. The number of nitrogen functional groups attached to an aromatic ring is 1. The topological polar surface area (TPSA) is 64.3 Å². The molecule has 1 aliphatic rings. The molecule has 3 N–H and O–H groups in total. The standard InChI is InChI=1S/C15H12Cl2N2O2/c16-12-5-9(18)6-13(17)14(12)21-10-2-1-8-3-4-19-15(20)11(8)7-10/h1-2,5-7H,3-4,18H2,(H,19,20). The molecule has 6 heteroatoms. The van der Waals surface area contributed by atoms with Crippen molar-refractivity contribution in [3.63, 3.8) is 0 Å². The van der Waals surface area contributed by atoms with Gasteiger partial charge in [-0.25, -0.2) is 0 Å². The summed E-state index contributed by atoms with van der Waals surface area (Å²) in [5, 5.41) is 3.44. The van der Waals surface area contributed by atoms with E-state index in [0.717, 1.165) is 12.0 Å². The number of halogens is 2. The minimum atomic E-state index is -0.101. The second kappa shape index (κ2) is 5.47. The highest BCUT2D eigenvalue weighted by Crippen LogP contribution is 2.38. The molecule has 0 spiro atoms. The second-order valence-electron chi connectivity index (χ2n) is 4.74. The van der Waals surface area contributed by atoms with Gasteiger partial charge in [-0.05, 0) is 36.2 Å². The van der Waals surface area contributed by atoms with Crippen LogP contribution < -0.4 is 15.8 Å². The van der Waals surface area contributed by atoms with Crippen LogP contribution in [0.5, 0.6) is 11.5 Å². The summed E-state index contributed by atoms with van der Waals surface area (Å²) >= 11 is 12.2. The van der Waals surface area contributed by atoms with Crippen LogP contribution in [0.15, 0.2) is 30.3 Å². The number of anilines is 1. The number of amides is 1. The number of nitrogens with one attached hydrogen (secondary N) is 1. The summed E-state index contributed by atoms with van der Waals surface area (Å²) in [5.41, 5.74) is 7.73. The van der Waals surface area contributed by atoms with Crippen molar-refractivity contribution in [3.05, 3.63) is 51.5 Å². The van der Waals surface area contributed by atoms with Gasteiger partial charge in [0.05, 0.1) is 10.0 Å². The lowest BCUT2D eigenvalue weighted by molar-refractivity contribution is 0.0945. The van der Waals surface area contributed by atoms with Crippen LogP contribution >= 0.6 is 23.2 Å². The number of hydrogen-bond donors (Lipinski definition) is 2. The molecule has 108 valence electrons. The van der Waals surface area contributed by atoms with Crippen molar-refractivity contribution in [1.82, 2.24) is 5.32 Å². The molecule has 0 saturated carbocycles. The van der Waals surface area contributed by atoms with E-state index < -0.39 is 0 Å². The van der Waals surface area contributed by atoms with Gasteiger partial charge in [0.2, 0.25) is 0 Å². The third-order valence-corrected chi connectivity index (χ3v) is 3.81. The zero-order valence-electron chi connectivity index (χ0n) is 11.0. The average molecular weight is 323 g/mol. The summed E-state index contributed by atoms with van der Waals surface area (Å²) in [6.07, 6.45) is 0.810. The molecule has 0 fully saturated rings. The molecular formula is C15H12Cl2N2O2. The number of carbonyl (C=O) groups excluding carboxylic acids is 1. The number of fused-ring (bicyclic) bond motifs is 1. The van der Waals surface area contributed by atoms with E-state index >= 15 is 0 Å². The van der Waals surface area contributed by atoms with Gasteiger partial charge < -0.3 is 15.8 Å². The van der Waals surface area contributed by atoms with E-state index in [1.807, 2.05) is 6.07 Å². The maximum absolute atomic E-state index is 11.8. The van der Waals surface area contributed by atoms with E-state index in [-0.39, 0.29) is 5.91 Å². The van der Waals surface area contributed by atoms with Gasteiger partial charge in [0, 0.05) is 17.8 Å². The SMILES string of the molecule is Nc1cc(Cl)c(Oc2ccc3c(c2)C(=O)NCC3)c(Cl)c1. The van der Waals surface area contributed by atoms with Gasteiger partial charge in [0.15, 0.2) is 5.75 Å². The van der Waals surface area contributed by atoms with Gasteiger partial charge in [-0.3, -0.25) is 4.79 Å². The van der Waals surface area contributed by atoms with Crippen LogP contribution in [0.2, 0.25) is 10.0 Å². The molecule has 4 nitrogen and oxygen atoms in total. The monoisotopic (exact) mass is 322 g/mol. The van der Waals surface area contributed by atoms with Crippen molar-refractivity contribution in [3.8, 4) is 11.5 Å². The molecular weight excluding hydrogens is 311 g/mol. The summed E-state index contributed by atoms with van der Waals surface area (Å²) < 4.78 is 5.71. The Morgan fingerprint density at radius 2 is 1.86 bits per heavy atom. The average Bonchev–Trinajstić information content (AvgIpc) is 2.43. The highest BCUT2D eigenvalue weighted by atomic mass is 35.5. The lowest BCUT2D eigenvalue weighted by atomic mass is 10.0. The Morgan fingerprint density at radius 1 is 1.14 bits per heavy atom.